The Balaban J connectivity index is 2.68. The molecule has 0 amide bonds. The molecule has 2 rings (SSSR count). The van der Waals surface area contributed by atoms with Gasteiger partial charge < -0.3 is 20.2 Å². The van der Waals surface area contributed by atoms with E-state index in [0.29, 0.717) is 30.3 Å². The van der Waals surface area contributed by atoms with E-state index in [1.807, 2.05) is 26.0 Å². The Hall–Kier alpha value is -3.71. The fourth-order valence-electron chi connectivity index (χ4n) is 2.38. The zero-order valence-electron chi connectivity index (χ0n) is 14.5. The molecule has 0 spiro atoms. The first-order chi connectivity index (χ1) is 12.4. The number of ether oxygens (including phenoxy) is 2. The summed E-state index contributed by atoms with van der Waals surface area (Å²) >= 11 is 0. The predicted octanol–water partition coefficient (Wildman–Crippen LogP) is 2.72. The summed E-state index contributed by atoms with van der Waals surface area (Å²) in [6, 6.07) is 8.70. The van der Waals surface area contributed by atoms with E-state index in [0.717, 1.165) is 5.57 Å². The second-order valence-corrected chi connectivity index (χ2v) is 5.56. The molecule has 0 aliphatic heterocycles. The van der Waals surface area contributed by atoms with E-state index in [2.05, 4.69) is 11.6 Å². The van der Waals surface area contributed by atoms with Crippen molar-refractivity contribution >= 4 is 5.82 Å². The lowest BCUT2D eigenvalue weighted by Crippen LogP contribution is -2.16. The molecule has 26 heavy (non-hydrogen) atoms. The van der Waals surface area contributed by atoms with Crippen molar-refractivity contribution in [2.24, 2.45) is 0 Å². The third-order valence-electron chi connectivity index (χ3n) is 3.47. The maximum absolute atomic E-state index is 12.1. The highest BCUT2D eigenvalue weighted by molar-refractivity contribution is 5.81. The topological polar surface area (TPSA) is 125 Å². The van der Waals surface area contributed by atoms with Crippen LogP contribution in [-0.4, -0.2) is 18.2 Å². The van der Waals surface area contributed by atoms with Crippen LogP contribution >= 0.6 is 0 Å². The van der Waals surface area contributed by atoms with Gasteiger partial charge in [-0.3, -0.25) is 4.79 Å². The molecule has 0 saturated heterocycles. The Bertz CT molecular complexity index is 994. The molecule has 0 saturated carbocycles. The summed E-state index contributed by atoms with van der Waals surface area (Å²) in [6.07, 6.45) is 0. The maximum Gasteiger partial charge on any atom is 0.268 e. The van der Waals surface area contributed by atoms with Crippen LogP contribution in [0.1, 0.15) is 25.0 Å². The van der Waals surface area contributed by atoms with Crippen LogP contribution < -0.4 is 20.8 Å². The molecule has 7 heteroatoms. The Morgan fingerprint density at radius 1 is 1.23 bits per heavy atom. The quantitative estimate of drug-likeness (QED) is 0.772. The first-order valence-corrected chi connectivity index (χ1v) is 7.83. The molecular formula is C19H18N4O3. The van der Waals surface area contributed by atoms with Crippen molar-refractivity contribution in [2.45, 2.75) is 13.8 Å². The molecule has 0 aliphatic rings. The predicted molar refractivity (Wildman–Crippen MR) is 97.8 cm³/mol. The summed E-state index contributed by atoms with van der Waals surface area (Å²) in [6.45, 7) is 8.16. The normalized spacial score (nSPS) is 9.85. The van der Waals surface area contributed by atoms with Gasteiger partial charge in [0.15, 0.2) is 11.5 Å². The van der Waals surface area contributed by atoms with Crippen LogP contribution in [0.5, 0.6) is 11.5 Å². The van der Waals surface area contributed by atoms with Gasteiger partial charge in [-0.2, -0.15) is 10.5 Å². The molecular weight excluding hydrogens is 332 g/mol. The molecule has 0 unspecified atom stereocenters. The fourth-order valence-corrected chi connectivity index (χ4v) is 2.38. The standard InChI is InChI=1S/C19H18N4O3/c1-4-25-16-7-12(5-6-15(16)26-10-11(2)3)17-13(8-20)18(22)23-19(24)14(17)9-21/h5-7H,2,4,10H2,1,3H3,(H3,22,23,24). The SMILES string of the molecule is C=C(C)COc1ccc(-c2c(C#N)c(N)[nH]c(=O)c2C#N)cc1OCC. The van der Waals surface area contributed by atoms with E-state index < -0.39 is 5.56 Å². The smallest absolute Gasteiger partial charge is 0.268 e. The van der Waals surface area contributed by atoms with E-state index in [4.69, 9.17) is 15.2 Å². The molecule has 0 aliphatic carbocycles. The van der Waals surface area contributed by atoms with Crippen molar-refractivity contribution in [3.8, 4) is 34.8 Å². The summed E-state index contributed by atoms with van der Waals surface area (Å²) in [4.78, 5) is 14.4. The highest BCUT2D eigenvalue weighted by atomic mass is 16.5. The van der Waals surface area contributed by atoms with Crippen molar-refractivity contribution in [1.82, 2.24) is 4.98 Å². The number of aromatic nitrogens is 1. The van der Waals surface area contributed by atoms with Crippen LogP contribution in [0, 0.1) is 22.7 Å². The Labute approximate surface area is 150 Å². The molecule has 1 aromatic carbocycles. The number of anilines is 1. The van der Waals surface area contributed by atoms with E-state index in [1.165, 1.54) is 0 Å². The summed E-state index contributed by atoms with van der Waals surface area (Å²) < 4.78 is 11.3. The first kappa shape index (κ1) is 18.6. The number of nitriles is 2. The number of rotatable bonds is 6. The third kappa shape index (κ3) is 3.68. The number of nitrogen functional groups attached to an aromatic ring is 1. The summed E-state index contributed by atoms with van der Waals surface area (Å²) in [7, 11) is 0. The Morgan fingerprint density at radius 2 is 1.92 bits per heavy atom. The van der Waals surface area contributed by atoms with Crippen LogP contribution in [0.3, 0.4) is 0 Å². The molecule has 0 radical (unpaired) electrons. The third-order valence-corrected chi connectivity index (χ3v) is 3.47. The molecule has 1 heterocycles. The van der Waals surface area contributed by atoms with Gasteiger partial charge in [-0.05, 0) is 37.1 Å². The summed E-state index contributed by atoms with van der Waals surface area (Å²) in [5, 5.41) is 18.8. The number of H-pyrrole nitrogens is 1. The van der Waals surface area contributed by atoms with Gasteiger partial charge >= 0.3 is 0 Å². The summed E-state index contributed by atoms with van der Waals surface area (Å²) in [5.41, 5.74) is 6.41. The Morgan fingerprint density at radius 3 is 2.50 bits per heavy atom. The number of pyridine rings is 1. The Kier molecular flexibility index (Phi) is 5.67. The van der Waals surface area contributed by atoms with Crippen molar-refractivity contribution in [1.29, 1.82) is 10.5 Å². The van der Waals surface area contributed by atoms with Gasteiger partial charge in [-0.15, -0.1) is 0 Å². The van der Waals surface area contributed by atoms with Crippen molar-refractivity contribution < 1.29 is 9.47 Å². The van der Waals surface area contributed by atoms with Gasteiger partial charge in [0, 0.05) is 5.56 Å². The van der Waals surface area contributed by atoms with Crippen LogP contribution in [0.2, 0.25) is 0 Å². The number of nitrogens with two attached hydrogens (primary N) is 1. The average Bonchev–Trinajstić information content (AvgIpc) is 2.60. The van der Waals surface area contributed by atoms with Gasteiger partial charge in [-0.1, -0.05) is 12.6 Å². The van der Waals surface area contributed by atoms with E-state index in [-0.39, 0.29) is 22.5 Å². The highest BCUT2D eigenvalue weighted by Crippen LogP contribution is 2.36. The number of aromatic amines is 1. The monoisotopic (exact) mass is 350 g/mol. The van der Waals surface area contributed by atoms with E-state index in [9.17, 15) is 15.3 Å². The lowest BCUT2D eigenvalue weighted by molar-refractivity contribution is 0.293. The number of hydrogen-bond donors (Lipinski definition) is 2. The van der Waals surface area contributed by atoms with Gasteiger partial charge in [-0.25, -0.2) is 0 Å². The molecule has 2 aromatic rings. The second-order valence-electron chi connectivity index (χ2n) is 5.56. The lowest BCUT2D eigenvalue weighted by atomic mass is 9.96. The van der Waals surface area contributed by atoms with Gasteiger partial charge in [0.05, 0.1) is 6.61 Å². The molecule has 0 bridgehead atoms. The molecule has 3 N–H and O–H groups in total. The highest BCUT2D eigenvalue weighted by Gasteiger charge is 2.19. The van der Waals surface area contributed by atoms with Crippen LogP contribution in [0.15, 0.2) is 35.1 Å². The van der Waals surface area contributed by atoms with Crippen LogP contribution in [-0.2, 0) is 0 Å². The molecule has 7 nitrogen and oxygen atoms in total. The zero-order valence-corrected chi connectivity index (χ0v) is 14.5. The van der Waals surface area contributed by atoms with E-state index in [1.54, 1.807) is 18.2 Å². The molecule has 1 aromatic heterocycles. The minimum atomic E-state index is -0.653. The summed E-state index contributed by atoms with van der Waals surface area (Å²) in [5.74, 6) is 0.832. The average molecular weight is 350 g/mol. The van der Waals surface area contributed by atoms with Crippen LogP contribution in [0.25, 0.3) is 11.1 Å². The maximum atomic E-state index is 12.1. The number of nitrogens with zero attached hydrogens (tertiary/aromatic N) is 2. The van der Waals surface area contributed by atoms with Gasteiger partial charge in [0.25, 0.3) is 5.56 Å². The van der Waals surface area contributed by atoms with Crippen molar-refractivity contribution in [3.63, 3.8) is 0 Å². The molecule has 0 atom stereocenters. The van der Waals surface area contributed by atoms with Crippen LogP contribution in [0.4, 0.5) is 5.82 Å². The largest absolute Gasteiger partial charge is 0.490 e. The number of benzene rings is 1. The zero-order chi connectivity index (χ0) is 19.3. The van der Waals surface area contributed by atoms with E-state index >= 15 is 0 Å². The van der Waals surface area contributed by atoms with Gasteiger partial charge in [0.2, 0.25) is 0 Å². The second kappa shape index (κ2) is 7.91. The van der Waals surface area contributed by atoms with Crippen molar-refractivity contribution in [3.05, 3.63) is 51.8 Å². The fraction of sp³-hybridized carbons (Fsp3) is 0.211. The first-order valence-electron chi connectivity index (χ1n) is 7.83. The minimum Gasteiger partial charge on any atom is -0.490 e. The van der Waals surface area contributed by atoms with Gasteiger partial charge in [0.1, 0.15) is 35.7 Å². The minimum absolute atomic E-state index is 0.0270. The lowest BCUT2D eigenvalue weighted by Gasteiger charge is -2.15. The number of hydrogen-bond acceptors (Lipinski definition) is 6. The molecule has 0 fully saturated rings. The van der Waals surface area contributed by atoms with Crippen molar-refractivity contribution in [2.75, 3.05) is 18.9 Å². The number of nitrogens with one attached hydrogen (secondary N) is 1. The molecule has 132 valence electrons.